The molecule has 0 spiro atoms. The Bertz CT molecular complexity index is 429. The number of carbonyl (C=O) groups is 2. The molecule has 0 radical (unpaired) electrons. The summed E-state index contributed by atoms with van der Waals surface area (Å²) in [4.78, 5) is 22.4. The van der Waals surface area contributed by atoms with Gasteiger partial charge < -0.3 is 10.4 Å². The maximum absolute atomic E-state index is 11.7. The standard InChI is InChI=1S/C13H21N3O3/c1-3-4-5-6-10(2)14-12(17)9-16-8-7-11(15-16)13(18)19/h7-8,10H,3-6,9H2,1-2H3,(H,14,17)(H,18,19)/t10-/m1/s1. The number of nitrogens with one attached hydrogen (secondary N) is 1. The van der Waals surface area contributed by atoms with Crippen LogP contribution in [-0.2, 0) is 11.3 Å². The van der Waals surface area contributed by atoms with Crippen molar-refractivity contribution in [1.82, 2.24) is 15.1 Å². The van der Waals surface area contributed by atoms with Crippen molar-refractivity contribution in [3.05, 3.63) is 18.0 Å². The van der Waals surface area contributed by atoms with Crippen LogP contribution in [0.25, 0.3) is 0 Å². The summed E-state index contributed by atoms with van der Waals surface area (Å²) in [5.74, 6) is -1.24. The summed E-state index contributed by atoms with van der Waals surface area (Å²) in [5.41, 5.74) is -0.0520. The number of carboxylic acid groups (broad SMARTS) is 1. The third-order valence-corrected chi connectivity index (χ3v) is 2.81. The molecular weight excluding hydrogens is 246 g/mol. The number of rotatable bonds is 8. The minimum absolute atomic E-state index is 0.0470. The lowest BCUT2D eigenvalue weighted by molar-refractivity contribution is -0.122. The second kappa shape index (κ2) is 7.56. The lowest BCUT2D eigenvalue weighted by Crippen LogP contribution is -2.35. The van der Waals surface area contributed by atoms with Crippen molar-refractivity contribution >= 4 is 11.9 Å². The van der Waals surface area contributed by atoms with Crippen molar-refractivity contribution in [3.8, 4) is 0 Å². The summed E-state index contributed by atoms with van der Waals surface area (Å²) in [6.45, 7) is 4.16. The molecule has 1 amide bonds. The van der Waals surface area contributed by atoms with Gasteiger partial charge in [-0.15, -0.1) is 0 Å². The Hall–Kier alpha value is -1.85. The summed E-state index contributed by atoms with van der Waals surface area (Å²) in [6, 6.07) is 1.51. The quantitative estimate of drug-likeness (QED) is 0.702. The van der Waals surface area contributed by atoms with Crippen LogP contribution >= 0.6 is 0 Å². The number of amides is 1. The molecular formula is C13H21N3O3. The topological polar surface area (TPSA) is 84.2 Å². The number of aromatic carboxylic acids is 1. The van der Waals surface area contributed by atoms with Crippen LogP contribution in [0.15, 0.2) is 12.3 Å². The van der Waals surface area contributed by atoms with Gasteiger partial charge in [-0.05, 0) is 19.4 Å². The van der Waals surface area contributed by atoms with Gasteiger partial charge in [0.05, 0.1) is 0 Å². The Kier molecular flexibility index (Phi) is 6.05. The zero-order valence-corrected chi connectivity index (χ0v) is 11.4. The van der Waals surface area contributed by atoms with E-state index in [9.17, 15) is 9.59 Å². The van der Waals surface area contributed by atoms with E-state index in [0.29, 0.717) is 0 Å². The molecule has 1 heterocycles. The fraction of sp³-hybridized carbons (Fsp3) is 0.615. The van der Waals surface area contributed by atoms with Crippen molar-refractivity contribution in [2.24, 2.45) is 0 Å². The smallest absolute Gasteiger partial charge is 0.356 e. The van der Waals surface area contributed by atoms with E-state index in [-0.39, 0.29) is 24.2 Å². The number of nitrogens with zero attached hydrogens (tertiary/aromatic N) is 2. The first-order chi connectivity index (χ1) is 9.02. The lowest BCUT2D eigenvalue weighted by Gasteiger charge is -2.13. The Labute approximate surface area is 112 Å². The average Bonchev–Trinajstić information content (AvgIpc) is 2.77. The Balaban J connectivity index is 2.35. The minimum atomic E-state index is -1.09. The second-order valence-electron chi connectivity index (χ2n) is 4.67. The molecule has 0 aliphatic carbocycles. The van der Waals surface area contributed by atoms with Crippen LogP contribution in [0.5, 0.6) is 0 Å². The van der Waals surface area contributed by atoms with Gasteiger partial charge in [0.1, 0.15) is 6.54 Å². The highest BCUT2D eigenvalue weighted by Crippen LogP contribution is 2.03. The van der Waals surface area contributed by atoms with Crippen molar-refractivity contribution in [2.45, 2.75) is 52.1 Å². The molecule has 0 bridgehead atoms. The van der Waals surface area contributed by atoms with E-state index in [2.05, 4.69) is 17.3 Å². The molecule has 0 saturated carbocycles. The van der Waals surface area contributed by atoms with Crippen LogP contribution in [-0.4, -0.2) is 32.8 Å². The van der Waals surface area contributed by atoms with Gasteiger partial charge in [-0.25, -0.2) is 4.79 Å². The normalized spacial score (nSPS) is 12.1. The van der Waals surface area contributed by atoms with E-state index in [1.165, 1.54) is 23.4 Å². The molecule has 1 aromatic rings. The SMILES string of the molecule is CCCCC[C@@H](C)NC(=O)Cn1ccc(C(=O)O)n1. The number of hydrogen-bond donors (Lipinski definition) is 2. The summed E-state index contributed by atoms with van der Waals surface area (Å²) < 4.78 is 1.33. The predicted octanol–water partition coefficient (Wildman–Crippen LogP) is 1.67. The molecule has 6 nitrogen and oxygen atoms in total. The largest absolute Gasteiger partial charge is 0.476 e. The van der Waals surface area contributed by atoms with Crippen LogP contribution in [0, 0.1) is 0 Å². The van der Waals surface area contributed by atoms with Crippen molar-refractivity contribution in [3.63, 3.8) is 0 Å². The zero-order chi connectivity index (χ0) is 14.3. The van der Waals surface area contributed by atoms with Crippen molar-refractivity contribution < 1.29 is 14.7 Å². The van der Waals surface area contributed by atoms with Crippen LogP contribution in [0.1, 0.15) is 50.0 Å². The number of aromatic nitrogens is 2. The monoisotopic (exact) mass is 267 g/mol. The molecule has 106 valence electrons. The van der Waals surface area contributed by atoms with Crippen molar-refractivity contribution in [1.29, 1.82) is 0 Å². The fourth-order valence-corrected chi connectivity index (χ4v) is 1.80. The van der Waals surface area contributed by atoms with Gasteiger partial charge in [-0.1, -0.05) is 26.2 Å². The molecule has 19 heavy (non-hydrogen) atoms. The van der Waals surface area contributed by atoms with Crippen LogP contribution < -0.4 is 5.32 Å². The van der Waals surface area contributed by atoms with Crippen molar-refractivity contribution in [2.75, 3.05) is 0 Å². The molecule has 2 N–H and O–H groups in total. The molecule has 0 fully saturated rings. The van der Waals surface area contributed by atoms with E-state index in [1.807, 2.05) is 6.92 Å². The highest BCUT2D eigenvalue weighted by atomic mass is 16.4. The summed E-state index contributed by atoms with van der Waals surface area (Å²) >= 11 is 0. The van der Waals surface area contributed by atoms with E-state index in [1.54, 1.807) is 0 Å². The number of unbranched alkanes of at least 4 members (excludes halogenated alkanes) is 2. The summed E-state index contributed by atoms with van der Waals surface area (Å²) in [6.07, 6.45) is 5.87. The highest BCUT2D eigenvalue weighted by molar-refractivity contribution is 5.85. The van der Waals surface area contributed by atoms with Gasteiger partial charge in [0.2, 0.25) is 5.91 Å². The van der Waals surface area contributed by atoms with Crippen LogP contribution in [0.3, 0.4) is 0 Å². The first kappa shape index (κ1) is 15.2. The van der Waals surface area contributed by atoms with E-state index < -0.39 is 5.97 Å². The third-order valence-electron chi connectivity index (χ3n) is 2.81. The maximum Gasteiger partial charge on any atom is 0.356 e. The maximum atomic E-state index is 11.7. The molecule has 1 rings (SSSR count). The van der Waals surface area contributed by atoms with Gasteiger partial charge >= 0.3 is 5.97 Å². The van der Waals surface area contributed by atoms with E-state index >= 15 is 0 Å². The van der Waals surface area contributed by atoms with Crippen LogP contribution in [0.4, 0.5) is 0 Å². The molecule has 1 aromatic heterocycles. The van der Waals surface area contributed by atoms with E-state index in [4.69, 9.17) is 5.11 Å². The van der Waals surface area contributed by atoms with E-state index in [0.717, 1.165) is 19.3 Å². The first-order valence-electron chi connectivity index (χ1n) is 6.59. The molecule has 1 atom stereocenters. The summed E-state index contributed by atoms with van der Waals surface area (Å²) in [5, 5.41) is 15.4. The minimum Gasteiger partial charge on any atom is -0.476 e. The molecule has 0 aliphatic heterocycles. The van der Waals surface area contributed by atoms with Gasteiger partial charge in [0.25, 0.3) is 0 Å². The van der Waals surface area contributed by atoms with Gasteiger partial charge in [0, 0.05) is 12.2 Å². The lowest BCUT2D eigenvalue weighted by atomic mass is 10.1. The highest BCUT2D eigenvalue weighted by Gasteiger charge is 2.11. The molecule has 0 aromatic carbocycles. The number of carbonyl (C=O) groups excluding carboxylic acids is 1. The number of hydrogen-bond acceptors (Lipinski definition) is 3. The molecule has 0 aliphatic rings. The Morgan fingerprint density at radius 2 is 2.21 bits per heavy atom. The second-order valence-corrected chi connectivity index (χ2v) is 4.67. The van der Waals surface area contributed by atoms with Gasteiger partial charge in [-0.3, -0.25) is 9.48 Å². The predicted molar refractivity (Wildman–Crippen MR) is 70.9 cm³/mol. The Morgan fingerprint density at radius 1 is 1.47 bits per heavy atom. The summed E-state index contributed by atoms with van der Waals surface area (Å²) in [7, 11) is 0. The van der Waals surface area contributed by atoms with Gasteiger partial charge in [-0.2, -0.15) is 5.10 Å². The molecule has 0 saturated heterocycles. The fourth-order valence-electron chi connectivity index (χ4n) is 1.80. The average molecular weight is 267 g/mol. The number of carboxylic acids is 1. The molecule has 0 unspecified atom stereocenters. The first-order valence-corrected chi connectivity index (χ1v) is 6.59. The van der Waals surface area contributed by atoms with Gasteiger partial charge in [0.15, 0.2) is 5.69 Å². The zero-order valence-electron chi connectivity index (χ0n) is 11.4. The molecule has 6 heteroatoms. The third kappa shape index (κ3) is 5.54. The Morgan fingerprint density at radius 3 is 2.79 bits per heavy atom. The van der Waals surface area contributed by atoms with Crippen LogP contribution in [0.2, 0.25) is 0 Å².